The van der Waals surface area contributed by atoms with Crippen LogP contribution in [0.4, 0.5) is 26.0 Å². The molecule has 27 heavy (non-hydrogen) atoms. The molecule has 1 atom stereocenters. The Kier molecular flexibility index (Phi) is 4.44. The SMILES string of the molecule is Cc1nc(N2C(=O)OCC2C)sc1-c1ccnc(Nc2ccc(F)cc2)n1. The molecule has 9 heteroatoms. The zero-order chi connectivity index (χ0) is 19.0. The number of carbonyl (C=O) groups excluding carboxylic acids is 1. The van der Waals surface area contributed by atoms with E-state index >= 15 is 0 Å². The fourth-order valence-electron chi connectivity index (χ4n) is 2.71. The maximum absolute atomic E-state index is 13.0. The second-order valence-corrected chi connectivity index (χ2v) is 7.08. The van der Waals surface area contributed by atoms with Gasteiger partial charge in [0, 0.05) is 11.9 Å². The van der Waals surface area contributed by atoms with Gasteiger partial charge in [-0.25, -0.2) is 29.0 Å². The molecule has 138 valence electrons. The molecular weight excluding hydrogens is 369 g/mol. The van der Waals surface area contributed by atoms with E-state index in [0.29, 0.717) is 29.1 Å². The molecule has 4 rings (SSSR count). The molecule has 1 saturated heterocycles. The summed E-state index contributed by atoms with van der Waals surface area (Å²) in [5.74, 6) is 0.0834. The van der Waals surface area contributed by atoms with Crippen LogP contribution in [-0.4, -0.2) is 33.7 Å². The first-order valence-corrected chi connectivity index (χ1v) is 9.12. The van der Waals surface area contributed by atoms with Crippen molar-refractivity contribution >= 4 is 34.2 Å². The molecule has 1 aromatic carbocycles. The molecule has 2 aromatic heterocycles. The lowest BCUT2D eigenvalue weighted by atomic mass is 10.3. The van der Waals surface area contributed by atoms with Crippen molar-refractivity contribution in [3.8, 4) is 10.6 Å². The van der Waals surface area contributed by atoms with Gasteiger partial charge in [-0.05, 0) is 44.2 Å². The molecule has 1 aliphatic rings. The van der Waals surface area contributed by atoms with Gasteiger partial charge in [-0.2, -0.15) is 0 Å². The van der Waals surface area contributed by atoms with E-state index in [-0.39, 0.29) is 18.0 Å². The van der Waals surface area contributed by atoms with E-state index in [9.17, 15) is 9.18 Å². The third kappa shape index (κ3) is 3.45. The Balaban J connectivity index is 1.62. The van der Waals surface area contributed by atoms with Gasteiger partial charge in [0.05, 0.1) is 22.3 Å². The number of aromatic nitrogens is 3. The van der Waals surface area contributed by atoms with E-state index in [1.54, 1.807) is 29.3 Å². The average Bonchev–Trinajstić information content (AvgIpc) is 3.19. The summed E-state index contributed by atoms with van der Waals surface area (Å²) < 4.78 is 18.1. The fraction of sp³-hybridized carbons (Fsp3) is 0.222. The predicted octanol–water partition coefficient (Wildman–Crippen LogP) is 4.14. The standard InChI is InChI=1S/C18H16FN5O2S/c1-10-9-26-18(25)24(10)17-21-11(2)15(27-17)14-7-8-20-16(23-14)22-13-5-3-12(19)4-6-13/h3-8,10H,9H2,1-2H3,(H,20,22,23). The Hall–Kier alpha value is -3.07. The molecule has 1 fully saturated rings. The van der Waals surface area contributed by atoms with E-state index in [0.717, 1.165) is 10.6 Å². The van der Waals surface area contributed by atoms with Crippen LogP contribution in [0.15, 0.2) is 36.5 Å². The van der Waals surface area contributed by atoms with E-state index in [1.165, 1.54) is 23.5 Å². The molecule has 0 spiro atoms. The monoisotopic (exact) mass is 385 g/mol. The fourth-order valence-corrected chi connectivity index (χ4v) is 3.84. The Morgan fingerprint density at radius 3 is 2.74 bits per heavy atom. The number of nitrogens with zero attached hydrogens (tertiary/aromatic N) is 4. The maximum Gasteiger partial charge on any atom is 0.416 e. The number of aryl methyl sites for hydroxylation is 1. The van der Waals surface area contributed by atoms with Crippen molar-refractivity contribution in [1.82, 2.24) is 15.0 Å². The Morgan fingerprint density at radius 2 is 2.04 bits per heavy atom. The number of nitrogens with one attached hydrogen (secondary N) is 1. The first-order valence-electron chi connectivity index (χ1n) is 8.30. The largest absolute Gasteiger partial charge is 0.447 e. The molecular formula is C18H16FN5O2S. The summed E-state index contributed by atoms with van der Waals surface area (Å²) in [6, 6.07) is 7.68. The predicted molar refractivity (Wildman–Crippen MR) is 101 cm³/mol. The van der Waals surface area contributed by atoms with E-state index in [4.69, 9.17) is 4.74 Å². The van der Waals surface area contributed by atoms with Crippen molar-refractivity contribution in [1.29, 1.82) is 0 Å². The minimum Gasteiger partial charge on any atom is -0.447 e. The summed E-state index contributed by atoms with van der Waals surface area (Å²) >= 11 is 1.38. The van der Waals surface area contributed by atoms with Crippen LogP contribution in [0, 0.1) is 12.7 Å². The lowest BCUT2D eigenvalue weighted by Crippen LogP contribution is -2.30. The summed E-state index contributed by atoms with van der Waals surface area (Å²) in [6.07, 6.45) is 1.25. The van der Waals surface area contributed by atoms with Gasteiger partial charge in [0.15, 0.2) is 5.13 Å². The summed E-state index contributed by atoms with van der Waals surface area (Å²) in [4.78, 5) is 27.6. The number of ether oxygens (including phenoxy) is 1. The molecule has 1 aliphatic heterocycles. The van der Waals surface area contributed by atoms with Crippen LogP contribution in [0.1, 0.15) is 12.6 Å². The zero-order valence-electron chi connectivity index (χ0n) is 14.6. The molecule has 1 N–H and O–H groups in total. The normalized spacial score (nSPS) is 16.5. The number of amides is 1. The van der Waals surface area contributed by atoms with Crippen LogP contribution in [0.25, 0.3) is 10.6 Å². The zero-order valence-corrected chi connectivity index (χ0v) is 15.5. The van der Waals surface area contributed by atoms with Crippen LogP contribution >= 0.6 is 11.3 Å². The summed E-state index contributed by atoms with van der Waals surface area (Å²) in [5, 5.41) is 3.63. The number of anilines is 3. The molecule has 1 amide bonds. The third-order valence-electron chi connectivity index (χ3n) is 4.07. The van der Waals surface area contributed by atoms with Gasteiger partial charge in [-0.15, -0.1) is 0 Å². The van der Waals surface area contributed by atoms with Crippen LogP contribution < -0.4 is 10.2 Å². The molecule has 0 aliphatic carbocycles. The van der Waals surface area contributed by atoms with Gasteiger partial charge in [0.25, 0.3) is 0 Å². The summed E-state index contributed by atoms with van der Waals surface area (Å²) in [5.41, 5.74) is 2.15. The number of rotatable bonds is 4. The number of benzene rings is 1. The van der Waals surface area contributed by atoms with Gasteiger partial charge in [-0.1, -0.05) is 11.3 Å². The van der Waals surface area contributed by atoms with Crippen molar-refractivity contribution in [3.05, 3.63) is 48.0 Å². The second kappa shape index (κ2) is 6.92. The highest BCUT2D eigenvalue weighted by Crippen LogP contribution is 2.36. The Labute approximate surface area is 158 Å². The van der Waals surface area contributed by atoms with Crippen molar-refractivity contribution in [2.24, 2.45) is 0 Å². The van der Waals surface area contributed by atoms with Gasteiger partial charge < -0.3 is 10.1 Å². The maximum atomic E-state index is 13.0. The third-order valence-corrected chi connectivity index (χ3v) is 5.24. The van der Waals surface area contributed by atoms with Gasteiger partial charge >= 0.3 is 6.09 Å². The van der Waals surface area contributed by atoms with Crippen molar-refractivity contribution in [2.75, 3.05) is 16.8 Å². The minimum atomic E-state index is -0.385. The highest BCUT2D eigenvalue weighted by molar-refractivity contribution is 7.19. The lowest BCUT2D eigenvalue weighted by Gasteiger charge is -2.13. The second-order valence-electron chi connectivity index (χ2n) is 6.10. The van der Waals surface area contributed by atoms with Crippen LogP contribution in [0.3, 0.4) is 0 Å². The number of carbonyl (C=O) groups is 1. The van der Waals surface area contributed by atoms with Crippen molar-refractivity contribution < 1.29 is 13.9 Å². The van der Waals surface area contributed by atoms with Crippen LogP contribution in [-0.2, 0) is 4.74 Å². The molecule has 3 aromatic rings. The topological polar surface area (TPSA) is 80.2 Å². The number of halogens is 1. The summed E-state index contributed by atoms with van der Waals surface area (Å²) in [7, 11) is 0. The molecule has 7 nitrogen and oxygen atoms in total. The Morgan fingerprint density at radius 1 is 1.26 bits per heavy atom. The quantitative estimate of drug-likeness (QED) is 0.727. The molecule has 1 unspecified atom stereocenters. The smallest absolute Gasteiger partial charge is 0.416 e. The first kappa shape index (κ1) is 17.3. The first-order chi connectivity index (χ1) is 13.0. The lowest BCUT2D eigenvalue weighted by molar-refractivity contribution is 0.179. The minimum absolute atomic E-state index is 0.0583. The number of thiazole rings is 1. The number of hydrogen-bond acceptors (Lipinski definition) is 7. The van der Waals surface area contributed by atoms with Gasteiger partial charge in [0.1, 0.15) is 12.4 Å². The molecule has 3 heterocycles. The van der Waals surface area contributed by atoms with E-state index in [2.05, 4.69) is 20.3 Å². The average molecular weight is 385 g/mol. The van der Waals surface area contributed by atoms with Crippen LogP contribution in [0.2, 0.25) is 0 Å². The highest BCUT2D eigenvalue weighted by atomic mass is 32.1. The van der Waals surface area contributed by atoms with E-state index < -0.39 is 0 Å². The Bertz CT molecular complexity index is 992. The number of hydrogen-bond donors (Lipinski definition) is 1. The van der Waals surface area contributed by atoms with Gasteiger partial charge in [-0.3, -0.25) is 0 Å². The molecule has 0 radical (unpaired) electrons. The molecule has 0 bridgehead atoms. The number of cyclic esters (lactones) is 1. The van der Waals surface area contributed by atoms with Crippen molar-refractivity contribution in [2.45, 2.75) is 19.9 Å². The highest BCUT2D eigenvalue weighted by Gasteiger charge is 2.33. The van der Waals surface area contributed by atoms with Crippen molar-refractivity contribution in [3.63, 3.8) is 0 Å². The van der Waals surface area contributed by atoms with E-state index in [1.807, 2.05) is 13.8 Å². The van der Waals surface area contributed by atoms with Crippen LogP contribution in [0.5, 0.6) is 0 Å². The molecule has 0 saturated carbocycles. The summed E-state index contributed by atoms with van der Waals surface area (Å²) in [6.45, 7) is 4.14. The van der Waals surface area contributed by atoms with Gasteiger partial charge in [0.2, 0.25) is 5.95 Å².